The highest BCUT2D eigenvalue weighted by Crippen LogP contribution is 2.43. The van der Waals surface area contributed by atoms with Crippen molar-refractivity contribution in [1.29, 1.82) is 0 Å². The van der Waals surface area contributed by atoms with Gasteiger partial charge in [-0.2, -0.15) is 5.10 Å². The SMILES string of the molecule is c1ccc(C2CNCC2c2cc(C3CC3)nn2CC2CC2)cc1. The van der Waals surface area contributed by atoms with Crippen molar-refractivity contribution in [1.82, 2.24) is 15.1 Å². The van der Waals surface area contributed by atoms with Crippen molar-refractivity contribution in [2.24, 2.45) is 5.92 Å². The van der Waals surface area contributed by atoms with E-state index in [0.29, 0.717) is 11.8 Å². The molecule has 0 radical (unpaired) electrons. The molecule has 2 heterocycles. The molecule has 1 aliphatic heterocycles. The molecule has 120 valence electrons. The zero-order chi connectivity index (χ0) is 15.2. The van der Waals surface area contributed by atoms with E-state index in [-0.39, 0.29) is 0 Å². The molecule has 3 aliphatic rings. The molecule has 2 unspecified atom stereocenters. The van der Waals surface area contributed by atoms with E-state index < -0.39 is 0 Å². The monoisotopic (exact) mass is 307 g/mol. The fraction of sp³-hybridized carbons (Fsp3) is 0.550. The highest BCUT2D eigenvalue weighted by molar-refractivity contribution is 5.30. The van der Waals surface area contributed by atoms with Crippen molar-refractivity contribution in [3.05, 3.63) is 53.3 Å². The molecule has 2 saturated carbocycles. The second-order valence-corrected chi connectivity index (χ2v) is 7.68. The number of hydrogen-bond acceptors (Lipinski definition) is 2. The van der Waals surface area contributed by atoms with E-state index in [2.05, 4.69) is 46.4 Å². The van der Waals surface area contributed by atoms with Crippen molar-refractivity contribution in [3.63, 3.8) is 0 Å². The molecule has 23 heavy (non-hydrogen) atoms. The first-order chi connectivity index (χ1) is 11.4. The molecule has 2 aliphatic carbocycles. The Kier molecular flexibility index (Phi) is 3.29. The molecule has 2 atom stereocenters. The molecular weight excluding hydrogens is 282 g/mol. The minimum absolute atomic E-state index is 0.566. The van der Waals surface area contributed by atoms with Crippen molar-refractivity contribution in [2.45, 2.75) is 50.0 Å². The first-order valence-electron chi connectivity index (χ1n) is 9.22. The van der Waals surface area contributed by atoms with Crippen molar-refractivity contribution in [2.75, 3.05) is 13.1 Å². The number of nitrogens with one attached hydrogen (secondary N) is 1. The van der Waals surface area contributed by atoms with Crippen LogP contribution in [0.4, 0.5) is 0 Å². The predicted octanol–water partition coefficient (Wildman–Crippen LogP) is 3.64. The minimum Gasteiger partial charge on any atom is -0.315 e. The lowest BCUT2D eigenvalue weighted by atomic mass is 9.86. The van der Waals surface area contributed by atoms with Gasteiger partial charge < -0.3 is 5.32 Å². The van der Waals surface area contributed by atoms with Crippen LogP contribution in [-0.2, 0) is 6.54 Å². The van der Waals surface area contributed by atoms with E-state index in [4.69, 9.17) is 5.10 Å². The molecule has 1 aromatic carbocycles. The average molecular weight is 307 g/mol. The number of rotatable bonds is 5. The topological polar surface area (TPSA) is 29.9 Å². The summed E-state index contributed by atoms with van der Waals surface area (Å²) in [5.74, 6) is 2.78. The summed E-state index contributed by atoms with van der Waals surface area (Å²) in [6.45, 7) is 3.31. The van der Waals surface area contributed by atoms with Crippen molar-refractivity contribution in [3.8, 4) is 0 Å². The fourth-order valence-electron chi connectivity index (χ4n) is 4.06. The highest BCUT2D eigenvalue weighted by Gasteiger charge is 2.36. The summed E-state index contributed by atoms with van der Waals surface area (Å²) < 4.78 is 2.37. The van der Waals surface area contributed by atoms with Crippen LogP contribution in [-0.4, -0.2) is 22.9 Å². The molecule has 0 amide bonds. The van der Waals surface area contributed by atoms with E-state index in [1.54, 1.807) is 0 Å². The third-order valence-corrected chi connectivity index (χ3v) is 5.78. The second-order valence-electron chi connectivity index (χ2n) is 7.68. The summed E-state index contributed by atoms with van der Waals surface area (Å²) >= 11 is 0. The molecule has 1 N–H and O–H groups in total. The maximum atomic E-state index is 5.01. The summed E-state index contributed by atoms with van der Waals surface area (Å²) in [5, 5.41) is 8.64. The lowest BCUT2D eigenvalue weighted by Gasteiger charge is -2.20. The summed E-state index contributed by atoms with van der Waals surface area (Å²) in [7, 11) is 0. The Morgan fingerprint density at radius 1 is 1.00 bits per heavy atom. The quantitative estimate of drug-likeness (QED) is 0.914. The van der Waals surface area contributed by atoms with Gasteiger partial charge in [0.25, 0.3) is 0 Å². The van der Waals surface area contributed by atoms with Gasteiger partial charge in [-0.25, -0.2) is 0 Å². The number of benzene rings is 1. The second kappa shape index (κ2) is 5.48. The zero-order valence-corrected chi connectivity index (χ0v) is 13.6. The largest absolute Gasteiger partial charge is 0.315 e. The molecule has 1 saturated heterocycles. The van der Waals surface area contributed by atoms with E-state index in [1.165, 1.54) is 42.6 Å². The Morgan fingerprint density at radius 2 is 1.78 bits per heavy atom. The third kappa shape index (κ3) is 2.72. The van der Waals surface area contributed by atoms with E-state index in [0.717, 1.165) is 31.5 Å². The van der Waals surface area contributed by atoms with Gasteiger partial charge in [-0.3, -0.25) is 4.68 Å². The molecule has 3 heteroatoms. The van der Waals surface area contributed by atoms with Crippen LogP contribution in [0, 0.1) is 5.92 Å². The van der Waals surface area contributed by atoms with Crippen LogP contribution < -0.4 is 5.32 Å². The summed E-state index contributed by atoms with van der Waals surface area (Å²) in [6.07, 6.45) is 5.46. The molecule has 3 fully saturated rings. The summed E-state index contributed by atoms with van der Waals surface area (Å²) in [5.41, 5.74) is 4.31. The van der Waals surface area contributed by atoms with Crippen LogP contribution >= 0.6 is 0 Å². The van der Waals surface area contributed by atoms with Gasteiger partial charge in [-0.1, -0.05) is 30.3 Å². The molecule has 3 nitrogen and oxygen atoms in total. The standard InChI is InChI=1S/C20H25N3/c1-2-4-15(5-3-1)17-11-21-12-18(17)20-10-19(16-8-9-16)22-23(20)13-14-6-7-14/h1-5,10,14,16-18,21H,6-9,11-13H2. The first kappa shape index (κ1) is 13.8. The minimum atomic E-state index is 0.566. The van der Waals surface area contributed by atoms with Gasteiger partial charge in [-0.15, -0.1) is 0 Å². The number of nitrogens with zero attached hydrogens (tertiary/aromatic N) is 2. The maximum Gasteiger partial charge on any atom is 0.0658 e. The van der Waals surface area contributed by atoms with Gasteiger partial charge in [0.2, 0.25) is 0 Å². The lowest BCUT2D eigenvalue weighted by Crippen LogP contribution is -2.16. The van der Waals surface area contributed by atoms with E-state index >= 15 is 0 Å². The van der Waals surface area contributed by atoms with Crippen LogP contribution in [0.3, 0.4) is 0 Å². The highest BCUT2D eigenvalue weighted by atomic mass is 15.3. The Hall–Kier alpha value is -1.61. The molecule has 5 rings (SSSR count). The Morgan fingerprint density at radius 3 is 2.52 bits per heavy atom. The molecule has 0 spiro atoms. The van der Waals surface area contributed by atoms with E-state index in [9.17, 15) is 0 Å². The molecule has 1 aromatic heterocycles. The van der Waals surface area contributed by atoms with Crippen LogP contribution in [0.15, 0.2) is 36.4 Å². The Labute approximate surface area is 138 Å². The summed E-state index contributed by atoms with van der Waals surface area (Å²) in [4.78, 5) is 0. The number of hydrogen-bond donors (Lipinski definition) is 1. The third-order valence-electron chi connectivity index (χ3n) is 5.78. The Balaban J connectivity index is 1.49. The van der Waals surface area contributed by atoms with Gasteiger partial charge in [0.15, 0.2) is 0 Å². The first-order valence-corrected chi connectivity index (χ1v) is 9.22. The van der Waals surface area contributed by atoms with Crippen LogP contribution in [0.5, 0.6) is 0 Å². The van der Waals surface area contributed by atoms with E-state index in [1.807, 2.05) is 0 Å². The van der Waals surface area contributed by atoms with Gasteiger partial charge in [0, 0.05) is 43.1 Å². The molecule has 2 aromatic rings. The number of aromatic nitrogens is 2. The smallest absolute Gasteiger partial charge is 0.0658 e. The van der Waals surface area contributed by atoms with Crippen molar-refractivity contribution < 1.29 is 0 Å². The van der Waals surface area contributed by atoms with Crippen LogP contribution in [0.25, 0.3) is 0 Å². The van der Waals surface area contributed by atoms with Crippen molar-refractivity contribution >= 4 is 0 Å². The normalized spacial score (nSPS) is 27.5. The summed E-state index contributed by atoms with van der Waals surface area (Å²) in [6, 6.07) is 13.5. The lowest BCUT2D eigenvalue weighted by molar-refractivity contribution is 0.502. The van der Waals surface area contributed by atoms with Gasteiger partial charge in [0.05, 0.1) is 5.69 Å². The zero-order valence-electron chi connectivity index (χ0n) is 13.6. The maximum absolute atomic E-state index is 5.01. The predicted molar refractivity (Wildman–Crippen MR) is 91.7 cm³/mol. The molecular formula is C20H25N3. The fourth-order valence-corrected chi connectivity index (χ4v) is 4.06. The van der Waals surface area contributed by atoms with Gasteiger partial charge in [-0.05, 0) is 43.2 Å². The Bertz CT molecular complexity index is 682. The van der Waals surface area contributed by atoms with Gasteiger partial charge >= 0.3 is 0 Å². The molecule has 0 bridgehead atoms. The van der Waals surface area contributed by atoms with Crippen LogP contribution in [0.2, 0.25) is 0 Å². The van der Waals surface area contributed by atoms with Crippen LogP contribution in [0.1, 0.15) is 60.4 Å². The average Bonchev–Trinajstić information content (AvgIpc) is 3.49. The van der Waals surface area contributed by atoms with Gasteiger partial charge in [0.1, 0.15) is 0 Å².